The molecule has 0 saturated carbocycles. The van der Waals surface area contributed by atoms with Crippen molar-refractivity contribution in [3.63, 3.8) is 0 Å². The van der Waals surface area contributed by atoms with E-state index in [1.54, 1.807) is 17.8 Å². The van der Waals surface area contributed by atoms with Gasteiger partial charge in [-0.1, -0.05) is 35.5 Å². The summed E-state index contributed by atoms with van der Waals surface area (Å²) in [6.45, 7) is 0.326. The topological polar surface area (TPSA) is 46.3 Å². The predicted molar refractivity (Wildman–Crippen MR) is 74.6 cm³/mol. The molecule has 2 heterocycles. The summed E-state index contributed by atoms with van der Waals surface area (Å²) in [5.74, 6) is 1.07. The first-order valence-corrected chi connectivity index (χ1v) is 6.95. The molecule has 1 aromatic heterocycles. The van der Waals surface area contributed by atoms with Gasteiger partial charge in [-0.2, -0.15) is 0 Å². The maximum Gasteiger partial charge on any atom is 0.220 e. The van der Waals surface area contributed by atoms with E-state index in [1.165, 1.54) is 0 Å². The van der Waals surface area contributed by atoms with E-state index < -0.39 is 0 Å². The third kappa shape index (κ3) is 2.71. The maximum absolute atomic E-state index is 12.0. The van der Waals surface area contributed by atoms with Crippen molar-refractivity contribution in [3.8, 4) is 11.3 Å². The van der Waals surface area contributed by atoms with Crippen LogP contribution in [0.2, 0.25) is 0 Å². The van der Waals surface area contributed by atoms with Gasteiger partial charge in [-0.3, -0.25) is 4.79 Å². The minimum Gasteiger partial charge on any atom is -0.360 e. The first-order valence-electron chi connectivity index (χ1n) is 5.90. The van der Waals surface area contributed by atoms with Crippen molar-refractivity contribution in [2.45, 2.75) is 0 Å². The SMILES string of the molecule is O=C(CN1C=CSC1)c1cc(-c2ccccc2)no1. The van der Waals surface area contributed by atoms with E-state index in [0.717, 1.165) is 11.4 Å². The highest BCUT2D eigenvalue weighted by Crippen LogP contribution is 2.20. The lowest BCUT2D eigenvalue weighted by Gasteiger charge is -2.11. The molecule has 1 aliphatic heterocycles. The highest BCUT2D eigenvalue weighted by Gasteiger charge is 2.17. The minimum absolute atomic E-state index is 0.0539. The molecule has 19 heavy (non-hydrogen) atoms. The number of carbonyl (C=O) groups excluding carboxylic acids is 1. The van der Waals surface area contributed by atoms with Gasteiger partial charge >= 0.3 is 0 Å². The average Bonchev–Trinajstić information content (AvgIpc) is 3.10. The van der Waals surface area contributed by atoms with E-state index in [2.05, 4.69) is 5.16 Å². The maximum atomic E-state index is 12.0. The Kier molecular flexibility index (Phi) is 3.37. The molecule has 0 aliphatic carbocycles. The lowest BCUT2D eigenvalue weighted by atomic mass is 10.1. The number of aromatic nitrogens is 1. The number of ketones is 1. The lowest BCUT2D eigenvalue weighted by Crippen LogP contribution is -2.22. The molecule has 4 nitrogen and oxygen atoms in total. The monoisotopic (exact) mass is 272 g/mol. The summed E-state index contributed by atoms with van der Waals surface area (Å²) in [5, 5.41) is 5.92. The fourth-order valence-electron chi connectivity index (χ4n) is 1.82. The molecule has 0 unspecified atom stereocenters. The molecule has 1 aromatic carbocycles. The van der Waals surface area contributed by atoms with Crippen LogP contribution in [0.3, 0.4) is 0 Å². The second kappa shape index (κ2) is 5.32. The standard InChI is InChI=1S/C14H12N2O2S/c17-13(9-16-6-7-19-10-16)14-8-12(15-18-14)11-4-2-1-3-5-11/h1-8H,9-10H2. The van der Waals surface area contributed by atoms with E-state index in [-0.39, 0.29) is 5.78 Å². The van der Waals surface area contributed by atoms with Gasteiger partial charge < -0.3 is 9.42 Å². The van der Waals surface area contributed by atoms with Gasteiger partial charge in [0.25, 0.3) is 0 Å². The molecule has 0 N–H and O–H groups in total. The summed E-state index contributed by atoms with van der Waals surface area (Å²) in [6.07, 6.45) is 1.91. The van der Waals surface area contributed by atoms with Crippen LogP contribution in [0.15, 0.2) is 52.5 Å². The average molecular weight is 272 g/mol. The number of hydrogen-bond acceptors (Lipinski definition) is 5. The Hall–Kier alpha value is -2.01. The summed E-state index contributed by atoms with van der Waals surface area (Å²) in [7, 11) is 0. The molecule has 2 aromatic rings. The number of benzene rings is 1. The molecule has 1 aliphatic rings. The summed E-state index contributed by atoms with van der Waals surface area (Å²) >= 11 is 1.67. The Labute approximate surface area is 115 Å². The van der Waals surface area contributed by atoms with Crippen molar-refractivity contribution >= 4 is 17.5 Å². The first kappa shape index (κ1) is 12.0. The number of rotatable bonds is 4. The van der Waals surface area contributed by atoms with Gasteiger partial charge in [0.2, 0.25) is 11.5 Å². The van der Waals surface area contributed by atoms with Crippen LogP contribution in [0.5, 0.6) is 0 Å². The Morgan fingerprint density at radius 3 is 2.95 bits per heavy atom. The molecule has 0 radical (unpaired) electrons. The summed E-state index contributed by atoms with van der Waals surface area (Å²) < 4.78 is 5.13. The Morgan fingerprint density at radius 2 is 2.21 bits per heavy atom. The van der Waals surface area contributed by atoms with E-state index in [0.29, 0.717) is 18.0 Å². The van der Waals surface area contributed by atoms with Crippen LogP contribution < -0.4 is 0 Å². The van der Waals surface area contributed by atoms with Crippen molar-refractivity contribution in [2.24, 2.45) is 0 Å². The Balaban J connectivity index is 1.74. The van der Waals surface area contributed by atoms with Gasteiger partial charge in [-0.15, -0.1) is 11.8 Å². The predicted octanol–water partition coefficient (Wildman–Crippen LogP) is 3.00. The molecule has 3 rings (SSSR count). The third-order valence-corrected chi connectivity index (χ3v) is 3.60. The molecule has 0 atom stereocenters. The Bertz CT molecular complexity index is 607. The molecular formula is C14H12N2O2S. The molecule has 0 amide bonds. The first-order chi connectivity index (χ1) is 9.33. The van der Waals surface area contributed by atoms with Gasteiger partial charge in [-0.25, -0.2) is 0 Å². The zero-order valence-corrected chi connectivity index (χ0v) is 11.0. The molecule has 5 heteroatoms. The normalized spacial score (nSPS) is 14.0. The van der Waals surface area contributed by atoms with Crippen molar-refractivity contribution < 1.29 is 9.32 Å². The number of nitrogens with zero attached hydrogens (tertiary/aromatic N) is 2. The summed E-state index contributed by atoms with van der Waals surface area (Å²) in [6, 6.07) is 11.4. The summed E-state index contributed by atoms with van der Waals surface area (Å²) in [4.78, 5) is 14.0. The van der Waals surface area contributed by atoms with Crippen LogP contribution in [0.4, 0.5) is 0 Å². The van der Waals surface area contributed by atoms with Crippen molar-refractivity contribution in [1.82, 2.24) is 10.1 Å². The van der Waals surface area contributed by atoms with E-state index in [1.807, 2.05) is 46.8 Å². The lowest BCUT2D eigenvalue weighted by molar-refractivity contribution is 0.0927. The minimum atomic E-state index is -0.0539. The summed E-state index contributed by atoms with van der Waals surface area (Å²) in [5.41, 5.74) is 1.64. The fraction of sp³-hybridized carbons (Fsp3) is 0.143. The van der Waals surface area contributed by atoms with E-state index in [4.69, 9.17) is 4.52 Å². The Morgan fingerprint density at radius 1 is 1.37 bits per heavy atom. The smallest absolute Gasteiger partial charge is 0.220 e. The zero-order valence-electron chi connectivity index (χ0n) is 10.2. The van der Waals surface area contributed by atoms with E-state index in [9.17, 15) is 4.79 Å². The highest BCUT2D eigenvalue weighted by atomic mass is 32.2. The molecule has 0 spiro atoms. The number of carbonyl (C=O) groups is 1. The van der Waals surface area contributed by atoms with Gasteiger partial charge in [0.1, 0.15) is 5.69 Å². The number of hydrogen-bond donors (Lipinski definition) is 0. The van der Waals surface area contributed by atoms with Crippen LogP contribution in [-0.2, 0) is 0 Å². The zero-order chi connectivity index (χ0) is 13.1. The van der Waals surface area contributed by atoms with Crippen molar-refractivity contribution in [1.29, 1.82) is 0 Å². The van der Waals surface area contributed by atoms with Gasteiger partial charge in [0.15, 0.2) is 0 Å². The second-order valence-electron chi connectivity index (χ2n) is 4.19. The number of thioether (sulfide) groups is 1. The van der Waals surface area contributed by atoms with Gasteiger partial charge in [0.05, 0.1) is 12.4 Å². The van der Waals surface area contributed by atoms with Gasteiger partial charge in [-0.05, 0) is 5.41 Å². The second-order valence-corrected chi connectivity index (χ2v) is 5.06. The molecule has 0 bridgehead atoms. The van der Waals surface area contributed by atoms with Gasteiger partial charge in [0, 0.05) is 17.8 Å². The van der Waals surface area contributed by atoms with Crippen LogP contribution in [0.25, 0.3) is 11.3 Å². The highest BCUT2D eigenvalue weighted by molar-refractivity contribution is 8.02. The van der Waals surface area contributed by atoms with Crippen LogP contribution in [0.1, 0.15) is 10.6 Å². The molecule has 0 fully saturated rings. The molecule has 96 valence electrons. The number of Topliss-reactive ketones (excluding diaryl/α,β-unsaturated/α-hetero) is 1. The third-order valence-electron chi connectivity index (χ3n) is 2.81. The van der Waals surface area contributed by atoms with Crippen molar-refractivity contribution in [3.05, 3.63) is 53.8 Å². The fourth-order valence-corrected chi connectivity index (χ4v) is 2.54. The van der Waals surface area contributed by atoms with E-state index >= 15 is 0 Å². The quantitative estimate of drug-likeness (QED) is 0.801. The molecule has 0 saturated heterocycles. The van der Waals surface area contributed by atoms with Crippen molar-refractivity contribution in [2.75, 3.05) is 12.4 Å². The largest absolute Gasteiger partial charge is 0.360 e. The molecular weight excluding hydrogens is 260 g/mol. The van der Waals surface area contributed by atoms with Crippen LogP contribution in [0, 0.1) is 0 Å². The van der Waals surface area contributed by atoms with Crippen LogP contribution >= 0.6 is 11.8 Å². The van der Waals surface area contributed by atoms with Crippen LogP contribution in [-0.4, -0.2) is 28.3 Å².